The van der Waals surface area contributed by atoms with Crippen molar-refractivity contribution in [2.45, 2.75) is 19.9 Å². The van der Waals surface area contributed by atoms with Crippen LogP contribution in [0.3, 0.4) is 0 Å². The molecule has 4 nitrogen and oxygen atoms in total. The van der Waals surface area contributed by atoms with Crippen LogP contribution >= 0.6 is 11.6 Å². The van der Waals surface area contributed by atoms with E-state index in [1.54, 1.807) is 29.1 Å². The van der Waals surface area contributed by atoms with Crippen LogP contribution in [0.4, 0.5) is 5.69 Å². The number of benzene rings is 1. The molecule has 5 heteroatoms. The van der Waals surface area contributed by atoms with Crippen molar-refractivity contribution in [1.82, 2.24) is 9.78 Å². The summed E-state index contributed by atoms with van der Waals surface area (Å²) >= 11 is 5.84. The first kappa shape index (κ1) is 12.6. The maximum absolute atomic E-state index is 11.7. The van der Waals surface area contributed by atoms with E-state index in [-0.39, 0.29) is 5.91 Å². The molecule has 0 saturated carbocycles. The lowest BCUT2D eigenvalue weighted by Gasteiger charge is -2.05. The fourth-order valence-electron chi connectivity index (χ4n) is 1.60. The highest BCUT2D eigenvalue weighted by atomic mass is 35.5. The third kappa shape index (κ3) is 3.60. The summed E-state index contributed by atoms with van der Waals surface area (Å²) in [6.45, 7) is 2.54. The molecule has 1 heterocycles. The van der Waals surface area contributed by atoms with E-state index in [2.05, 4.69) is 10.4 Å². The average Bonchev–Trinajstić information content (AvgIpc) is 2.73. The molecule has 0 radical (unpaired) electrons. The maximum atomic E-state index is 11.7. The Labute approximate surface area is 111 Å². The molecular weight excluding hydrogens is 250 g/mol. The largest absolute Gasteiger partial charge is 0.326 e. The van der Waals surface area contributed by atoms with E-state index in [4.69, 9.17) is 11.6 Å². The minimum absolute atomic E-state index is 0.0505. The van der Waals surface area contributed by atoms with Gasteiger partial charge in [-0.2, -0.15) is 5.10 Å². The Morgan fingerprint density at radius 1 is 1.50 bits per heavy atom. The van der Waals surface area contributed by atoms with Gasteiger partial charge in [-0.25, -0.2) is 0 Å². The van der Waals surface area contributed by atoms with Crippen molar-refractivity contribution in [3.05, 3.63) is 47.2 Å². The van der Waals surface area contributed by atoms with Gasteiger partial charge in [0.1, 0.15) is 0 Å². The van der Waals surface area contributed by atoms with Crippen LogP contribution in [0.5, 0.6) is 0 Å². The fraction of sp³-hybridized carbons (Fsp3) is 0.231. The number of amides is 1. The third-order valence-corrected chi connectivity index (χ3v) is 2.67. The van der Waals surface area contributed by atoms with Crippen LogP contribution in [0.15, 0.2) is 36.7 Å². The van der Waals surface area contributed by atoms with E-state index in [0.717, 1.165) is 5.56 Å². The van der Waals surface area contributed by atoms with E-state index >= 15 is 0 Å². The second kappa shape index (κ2) is 5.69. The molecule has 1 N–H and O–H groups in total. The van der Waals surface area contributed by atoms with Crippen molar-refractivity contribution in [3.63, 3.8) is 0 Å². The van der Waals surface area contributed by atoms with Crippen LogP contribution in [-0.4, -0.2) is 15.7 Å². The monoisotopic (exact) mass is 263 g/mol. The number of anilines is 1. The van der Waals surface area contributed by atoms with Gasteiger partial charge in [0.15, 0.2) is 0 Å². The van der Waals surface area contributed by atoms with Gasteiger partial charge < -0.3 is 5.32 Å². The summed E-state index contributed by atoms with van der Waals surface area (Å²) < 4.78 is 1.76. The Morgan fingerprint density at radius 2 is 2.33 bits per heavy atom. The summed E-state index contributed by atoms with van der Waals surface area (Å²) in [5, 5.41) is 7.53. The summed E-state index contributed by atoms with van der Waals surface area (Å²) in [4.78, 5) is 11.7. The summed E-state index contributed by atoms with van der Waals surface area (Å²) in [5.74, 6) is -0.0505. The molecule has 2 rings (SSSR count). The number of hydrogen-bond donors (Lipinski definition) is 1. The van der Waals surface area contributed by atoms with E-state index < -0.39 is 0 Å². The first-order valence-electron chi connectivity index (χ1n) is 5.68. The molecule has 0 spiro atoms. The van der Waals surface area contributed by atoms with Crippen molar-refractivity contribution in [2.24, 2.45) is 0 Å². The first-order valence-corrected chi connectivity index (χ1v) is 6.06. The molecule has 0 unspecified atom stereocenters. The van der Waals surface area contributed by atoms with Crippen molar-refractivity contribution < 1.29 is 4.79 Å². The van der Waals surface area contributed by atoms with Crippen molar-refractivity contribution in [2.75, 3.05) is 5.32 Å². The standard InChI is InChI=1S/C13H14ClN3O/c1-10-8-15-17(9-10)6-5-13(18)16-12-4-2-3-11(14)7-12/h2-4,7-9H,5-6H2,1H3,(H,16,18). The summed E-state index contributed by atoms with van der Waals surface area (Å²) in [6.07, 6.45) is 4.06. The van der Waals surface area contributed by atoms with Gasteiger partial charge in [0.2, 0.25) is 5.91 Å². The molecule has 18 heavy (non-hydrogen) atoms. The van der Waals surface area contributed by atoms with E-state index in [9.17, 15) is 4.79 Å². The zero-order chi connectivity index (χ0) is 13.0. The van der Waals surface area contributed by atoms with Crippen LogP contribution in [-0.2, 0) is 11.3 Å². The average molecular weight is 264 g/mol. The van der Waals surface area contributed by atoms with Gasteiger partial charge >= 0.3 is 0 Å². The number of rotatable bonds is 4. The van der Waals surface area contributed by atoms with Gasteiger partial charge in [0.25, 0.3) is 0 Å². The van der Waals surface area contributed by atoms with E-state index in [1.165, 1.54) is 0 Å². The maximum Gasteiger partial charge on any atom is 0.226 e. The molecule has 1 amide bonds. The van der Waals surface area contributed by atoms with E-state index in [1.807, 2.05) is 19.2 Å². The molecular formula is C13H14ClN3O. The van der Waals surface area contributed by atoms with Crippen LogP contribution < -0.4 is 5.32 Å². The zero-order valence-electron chi connectivity index (χ0n) is 10.1. The number of hydrogen-bond acceptors (Lipinski definition) is 2. The normalized spacial score (nSPS) is 10.3. The number of nitrogens with zero attached hydrogens (tertiary/aromatic N) is 2. The highest BCUT2D eigenvalue weighted by molar-refractivity contribution is 6.30. The lowest BCUT2D eigenvalue weighted by Crippen LogP contribution is -2.14. The Balaban J connectivity index is 1.85. The lowest BCUT2D eigenvalue weighted by molar-refractivity contribution is -0.116. The van der Waals surface area contributed by atoms with Crippen molar-refractivity contribution in [3.8, 4) is 0 Å². The van der Waals surface area contributed by atoms with Crippen LogP contribution in [0.2, 0.25) is 5.02 Å². The van der Waals surface area contributed by atoms with E-state index in [0.29, 0.717) is 23.7 Å². The van der Waals surface area contributed by atoms with Crippen LogP contribution in [0, 0.1) is 6.92 Å². The SMILES string of the molecule is Cc1cnn(CCC(=O)Nc2cccc(Cl)c2)c1. The second-order valence-corrected chi connectivity index (χ2v) is 4.53. The Morgan fingerprint density at radius 3 is 3.00 bits per heavy atom. The molecule has 1 aromatic heterocycles. The molecule has 94 valence electrons. The van der Waals surface area contributed by atoms with Gasteiger partial charge in [-0.3, -0.25) is 9.48 Å². The molecule has 0 atom stereocenters. The van der Waals surface area contributed by atoms with Gasteiger partial charge in [-0.15, -0.1) is 0 Å². The third-order valence-electron chi connectivity index (χ3n) is 2.44. The molecule has 0 aliphatic heterocycles. The molecule has 0 aliphatic carbocycles. The number of carbonyl (C=O) groups excluding carboxylic acids is 1. The van der Waals surface area contributed by atoms with Crippen molar-refractivity contribution >= 4 is 23.2 Å². The highest BCUT2D eigenvalue weighted by Crippen LogP contribution is 2.15. The number of nitrogens with one attached hydrogen (secondary N) is 1. The topological polar surface area (TPSA) is 46.9 Å². The first-order chi connectivity index (χ1) is 8.63. The number of halogens is 1. The molecule has 0 saturated heterocycles. The summed E-state index contributed by atoms with van der Waals surface area (Å²) in [5.41, 5.74) is 1.80. The lowest BCUT2D eigenvalue weighted by atomic mass is 10.3. The van der Waals surface area contributed by atoms with Gasteiger partial charge in [0.05, 0.1) is 6.20 Å². The predicted octanol–water partition coefficient (Wildman–Crippen LogP) is 2.87. The van der Waals surface area contributed by atoms with Gasteiger partial charge in [0, 0.05) is 29.9 Å². The molecule has 2 aromatic rings. The Bertz CT molecular complexity index is 551. The van der Waals surface area contributed by atoms with Gasteiger partial charge in [-0.1, -0.05) is 17.7 Å². The minimum Gasteiger partial charge on any atom is -0.326 e. The number of aromatic nitrogens is 2. The molecule has 0 fully saturated rings. The quantitative estimate of drug-likeness (QED) is 0.922. The number of aryl methyl sites for hydroxylation is 2. The number of carbonyl (C=O) groups is 1. The summed E-state index contributed by atoms with van der Waals surface area (Å²) in [6, 6.07) is 7.10. The van der Waals surface area contributed by atoms with Crippen molar-refractivity contribution in [1.29, 1.82) is 0 Å². The molecule has 1 aromatic carbocycles. The van der Waals surface area contributed by atoms with Crippen LogP contribution in [0.25, 0.3) is 0 Å². The zero-order valence-corrected chi connectivity index (χ0v) is 10.8. The van der Waals surface area contributed by atoms with Gasteiger partial charge in [-0.05, 0) is 30.7 Å². The Kier molecular flexibility index (Phi) is 3.99. The second-order valence-electron chi connectivity index (χ2n) is 4.09. The van der Waals surface area contributed by atoms with Crippen LogP contribution in [0.1, 0.15) is 12.0 Å². The highest BCUT2D eigenvalue weighted by Gasteiger charge is 2.03. The minimum atomic E-state index is -0.0505. The molecule has 0 aliphatic rings. The molecule has 0 bridgehead atoms. The smallest absolute Gasteiger partial charge is 0.226 e. The Hall–Kier alpha value is -1.81. The predicted molar refractivity (Wildman–Crippen MR) is 71.7 cm³/mol. The fourth-order valence-corrected chi connectivity index (χ4v) is 1.79. The summed E-state index contributed by atoms with van der Waals surface area (Å²) in [7, 11) is 0.